The van der Waals surface area contributed by atoms with Gasteiger partial charge in [0.05, 0.1) is 19.3 Å². The van der Waals surface area contributed by atoms with Gasteiger partial charge in [0, 0.05) is 35.6 Å². The summed E-state index contributed by atoms with van der Waals surface area (Å²) >= 11 is 9.42. The summed E-state index contributed by atoms with van der Waals surface area (Å²) < 4.78 is 12.3. The van der Waals surface area contributed by atoms with Crippen LogP contribution in [0.4, 0.5) is 0 Å². The van der Waals surface area contributed by atoms with Crippen molar-refractivity contribution in [2.45, 2.75) is 25.7 Å². The minimum absolute atomic E-state index is 0.114. The molecule has 0 aliphatic carbocycles. The summed E-state index contributed by atoms with van der Waals surface area (Å²) in [6.07, 6.45) is 0.333. The Hall–Kier alpha value is -0.290. The van der Waals surface area contributed by atoms with Crippen molar-refractivity contribution in [3.8, 4) is 5.75 Å². The Morgan fingerprint density at radius 2 is 2.26 bits per heavy atom. The van der Waals surface area contributed by atoms with Crippen LogP contribution in [-0.2, 0) is 11.3 Å². The summed E-state index contributed by atoms with van der Waals surface area (Å²) in [5.41, 5.74) is 1.18. The highest BCUT2D eigenvalue weighted by Crippen LogP contribution is 2.25. The number of morpholine rings is 1. The van der Waals surface area contributed by atoms with Gasteiger partial charge >= 0.3 is 0 Å². The molecule has 5 heteroatoms. The van der Waals surface area contributed by atoms with Gasteiger partial charge in [-0.3, -0.25) is 4.90 Å². The Kier molecular flexibility index (Phi) is 5.51. The third-order valence-electron chi connectivity index (χ3n) is 3.21. The smallest absolute Gasteiger partial charge is 0.123 e. The molecule has 3 nitrogen and oxygen atoms in total. The first-order chi connectivity index (χ1) is 9.12. The molecule has 0 aromatic heterocycles. The SMILES string of the molecule is COc1ccc(Br)cc1CN1CC(C)OC(CCl)C1. The summed E-state index contributed by atoms with van der Waals surface area (Å²) in [5.74, 6) is 1.46. The molecule has 1 saturated heterocycles. The average molecular weight is 349 g/mol. The van der Waals surface area contributed by atoms with Gasteiger partial charge in [0.25, 0.3) is 0 Å². The predicted molar refractivity (Wildman–Crippen MR) is 81.0 cm³/mol. The van der Waals surface area contributed by atoms with Crippen molar-refractivity contribution in [3.05, 3.63) is 28.2 Å². The number of alkyl halides is 1. The van der Waals surface area contributed by atoms with Gasteiger partial charge in [-0.1, -0.05) is 15.9 Å². The Balaban J connectivity index is 2.09. The van der Waals surface area contributed by atoms with Crippen LogP contribution >= 0.6 is 27.5 Å². The molecule has 2 atom stereocenters. The Labute approximate surface area is 128 Å². The summed E-state index contributed by atoms with van der Waals surface area (Å²) in [4.78, 5) is 2.37. The van der Waals surface area contributed by atoms with Crippen LogP contribution in [0, 0.1) is 0 Å². The van der Waals surface area contributed by atoms with Crippen molar-refractivity contribution in [3.63, 3.8) is 0 Å². The van der Waals surface area contributed by atoms with E-state index >= 15 is 0 Å². The van der Waals surface area contributed by atoms with Crippen LogP contribution in [0.5, 0.6) is 5.75 Å². The van der Waals surface area contributed by atoms with Gasteiger partial charge in [-0.2, -0.15) is 0 Å². The van der Waals surface area contributed by atoms with Crippen LogP contribution in [0.15, 0.2) is 22.7 Å². The van der Waals surface area contributed by atoms with Crippen molar-refractivity contribution < 1.29 is 9.47 Å². The van der Waals surface area contributed by atoms with E-state index < -0.39 is 0 Å². The lowest BCUT2D eigenvalue weighted by Gasteiger charge is -2.36. The molecule has 1 fully saturated rings. The van der Waals surface area contributed by atoms with E-state index in [-0.39, 0.29) is 12.2 Å². The molecule has 0 amide bonds. The lowest BCUT2D eigenvalue weighted by atomic mass is 10.1. The van der Waals surface area contributed by atoms with Gasteiger partial charge in [0.1, 0.15) is 5.75 Å². The van der Waals surface area contributed by atoms with E-state index in [0.29, 0.717) is 5.88 Å². The molecule has 2 unspecified atom stereocenters. The van der Waals surface area contributed by atoms with Crippen molar-refractivity contribution in [2.24, 2.45) is 0 Å². The van der Waals surface area contributed by atoms with E-state index in [2.05, 4.69) is 33.8 Å². The van der Waals surface area contributed by atoms with Crippen LogP contribution in [0.25, 0.3) is 0 Å². The maximum Gasteiger partial charge on any atom is 0.123 e. The highest BCUT2D eigenvalue weighted by Gasteiger charge is 2.25. The molecular formula is C14H19BrClNO2. The minimum atomic E-state index is 0.114. The van der Waals surface area contributed by atoms with Crippen molar-refractivity contribution in [1.82, 2.24) is 4.90 Å². The third kappa shape index (κ3) is 4.09. The summed E-state index contributed by atoms with van der Waals surface area (Å²) in [5, 5.41) is 0. The highest BCUT2D eigenvalue weighted by molar-refractivity contribution is 9.10. The maximum atomic E-state index is 5.91. The zero-order chi connectivity index (χ0) is 13.8. The van der Waals surface area contributed by atoms with Crippen molar-refractivity contribution >= 4 is 27.5 Å². The second kappa shape index (κ2) is 6.93. The van der Waals surface area contributed by atoms with Crippen LogP contribution in [0.1, 0.15) is 12.5 Å². The molecule has 0 radical (unpaired) electrons. The monoisotopic (exact) mass is 347 g/mol. The molecule has 1 aliphatic heterocycles. The van der Waals surface area contributed by atoms with Gasteiger partial charge < -0.3 is 9.47 Å². The van der Waals surface area contributed by atoms with E-state index in [1.165, 1.54) is 5.56 Å². The second-order valence-electron chi connectivity index (χ2n) is 4.87. The van der Waals surface area contributed by atoms with Crippen LogP contribution < -0.4 is 4.74 Å². The summed E-state index contributed by atoms with van der Waals surface area (Å²) in [6.45, 7) is 4.72. The molecule has 0 bridgehead atoms. The van der Waals surface area contributed by atoms with Crippen LogP contribution in [0.2, 0.25) is 0 Å². The fraction of sp³-hybridized carbons (Fsp3) is 0.571. The van der Waals surface area contributed by atoms with Crippen LogP contribution in [0.3, 0.4) is 0 Å². The first-order valence-corrected chi connectivity index (χ1v) is 7.71. The lowest BCUT2D eigenvalue weighted by molar-refractivity contribution is -0.0690. The molecule has 1 heterocycles. The van der Waals surface area contributed by atoms with E-state index in [1.54, 1.807) is 7.11 Å². The second-order valence-corrected chi connectivity index (χ2v) is 6.10. The molecule has 0 N–H and O–H groups in total. The Morgan fingerprint density at radius 1 is 1.47 bits per heavy atom. The summed E-state index contributed by atoms with van der Waals surface area (Å²) in [6, 6.07) is 6.09. The number of hydrogen-bond donors (Lipinski definition) is 0. The van der Waals surface area contributed by atoms with E-state index in [0.717, 1.165) is 29.9 Å². The minimum Gasteiger partial charge on any atom is -0.496 e. The highest BCUT2D eigenvalue weighted by atomic mass is 79.9. The fourth-order valence-corrected chi connectivity index (χ4v) is 3.05. The predicted octanol–water partition coefficient (Wildman–Crippen LogP) is 3.29. The largest absolute Gasteiger partial charge is 0.496 e. The Bertz CT molecular complexity index is 430. The number of benzene rings is 1. The van der Waals surface area contributed by atoms with Gasteiger partial charge in [0.15, 0.2) is 0 Å². The third-order valence-corrected chi connectivity index (χ3v) is 4.05. The molecule has 19 heavy (non-hydrogen) atoms. The standard InChI is InChI=1S/C14H19BrClNO2/c1-10-7-17(9-13(6-16)19-10)8-11-5-12(15)3-4-14(11)18-2/h3-5,10,13H,6-9H2,1-2H3. The number of methoxy groups -OCH3 is 1. The number of hydrogen-bond acceptors (Lipinski definition) is 3. The van der Waals surface area contributed by atoms with Gasteiger partial charge in [-0.25, -0.2) is 0 Å². The number of nitrogens with zero attached hydrogens (tertiary/aromatic N) is 1. The molecule has 1 aromatic carbocycles. The molecule has 2 rings (SSSR count). The quantitative estimate of drug-likeness (QED) is 0.779. The van der Waals surface area contributed by atoms with Gasteiger partial charge in [0.2, 0.25) is 0 Å². The first-order valence-electron chi connectivity index (χ1n) is 6.38. The summed E-state index contributed by atoms with van der Waals surface area (Å²) in [7, 11) is 1.70. The number of rotatable bonds is 4. The molecule has 106 valence electrons. The molecule has 0 spiro atoms. The topological polar surface area (TPSA) is 21.7 Å². The van der Waals surface area contributed by atoms with E-state index in [4.69, 9.17) is 21.1 Å². The zero-order valence-electron chi connectivity index (χ0n) is 11.2. The van der Waals surface area contributed by atoms with Crippen molar-refractivity contribution in [1.29, 1.82) is 0 Å². The maximum absolute atomic E-state index is 5.91. The normalized spacial score (nSPS) is 24.4. The van der Waals surface area contributed by atoms with Crippen molar-refractivity contribution in [2.75, 3.05) is 26.1 Å². The average Bonchev–Trinajstić information content (AvgIpc) is 2.38. The lowest BCUT2D eigenvalue weighted by Crippen LogP contribution is -2.46. The molecular weight excluding hydrogens is 330 g/mol. The number of halogens is 2. The zero-order valence-corrected chi connectivity index (χ0v) is 13.6. The van der Waals surface area contributed by atoms with Crippen LogP contribution in [-0.4, -0.2) is 43.2 Å². The first kappa shape index (κ1) is 15.1. The van der Waals surface area contributed by atoms with E-state index in [9.17, 15) is 0 Å². The Morgan fingerprint density at radius 3 is 2.95 bits per heavy atom. The number of ether oxygens (including phenoxy) is 2. The fourth-order valence-electron chi connectivity index (χ4n) is 2.47. The van der Waals surface area contributed by atoms with E-state index in [1.807, 2.05) is 12.1 Å². The molecule has 1 aromatic rings. The van der Waals surface area contributed by atoms with Gasteiger partial charge in [-0.05, 0) is 25.1 Å². The molecule has 0 saturated carbocycles. The van der Waals surface area contributed by atoms with Gasteiger partial charge in [-0.15, -0.1) is 11.6 Å². The molecule has 1 aliphatic rings.